The van der Waals surface area contributed by atoms with Crippen LogP contribution in [0.1, 0.15) is 12.8 Å². The number of benzene rings is 2. The first-order valence-corrected chi connectivity index (χ1v) is 9.94. The number of rotatable bonds is 4. The number of hydrogen-bond acceptors (Lipinski definition) is 5. The molecule has 0 radical (unpaired) electrons. The first kappa shape index (κ1) is 18.1. The van der Waals surface area contributed by atoms with Crippen LogP contribution in [0.2, 0.25) is 0 Å². The highest BCUT2D eigenvalue weighted by atomic mass is 79.9. The average molecular weight is 447 g/mol. The number of anilines is 2. The van der Waals surface area contributed by atoms with Crippen LogP contribution in [0, 0.1) is 0 Å². The molecule has 0 bridgehead atoms. The van der Waals surface area contributed by atoms with Crippen LogP contribution in [0.3, 0.4) is 0 Å². The Morgan fingerprint density at radius 2 is 2.04 bits per heavy atom. The third-order valence-electron chi connectivity index (χ3n) is 4.43. The van der Waals surface area contributed by atoms with E-state index >= 15 is 0 Å². The van der Waals surface area contributed by atoms with Crippen molar-refractivity contribution in [3.8, 4) is 0 Å². The van der Waals surface area contributed by atoms with Gasteiger partial charge in [-0.05, 0) is 30.3 Å². The molecule has 0 spiro atoms. The Kier molecular flexibility index (Phi) is 4.69. The van der Waals surface area contributed by atoms with Crippen LogP contribution in [0.4, 0.5) is 11.4 Å². The minimum Gasteiger partial charge on any atom is -0.453 e. The van der Waals surface area contributed by atoms with Crippen molar-refractivity contribution < 1.29 is 19.1 Å². The van der Waals surface area contributed by atoms with E-state index in [9.17, 15) is 14.4 Å². The molecule has 2 aliphatic rings. The number of esters is 1. The molecule has 2 amide bonds. The van der Waals surface area contributed by atoms with E-state index in [1.165, 1.54) is 16.7 Å². The van der Waals surface area contributed by atoms with Crippen LogP contribution in [-0.4, -0.2) is 29.3 Å². The van der Waals surface area contributed by atoms with Crippen molar-refractivity contribution in [2.24, 2.45) is 0 Å². The first-order chi connectivity index (χ1) is 13.0. The van der Waals surface area contributed by atoms with E-state index in [0.717, 1.165) is 15.1 Å². The lowest BCUT2D eigenvalue weighted by atomic mass is 10.2. The van der Waals surface area contributed by atoms with Crippen molar-refractivity contribution in [2.75, 3.05) is 16.8 Å². The Hall–Kier alpha value is -2.32. The van der Waals surface area contributed by atoms with E-state index in [1.807, 2.05) is 30.3 Å². The number of halogens is 1. The van der Waals surface area contributed by atoms with Gasteiger partial charge in [0.15, 0.2) is 11.5 Å². The molecule has 1 atom stereocenters. The van der Waals surface area contributed by atoms with Crippen LogP contribution < -0.4 is 10.2 Å². The lowest BCUT2D eigenvalue weighted by Gasteiger charge is -2.28. The summed E-state index contributed by atoms with van der Waals surface area (Å²) in [5.74, 6) is -1.11. The van der Waals surface area contributed by atoms with Gasteiger partial charge in [0.1, 0.15) is 0 Å². The molecule has 0 saturated carbocycles. The number of ether oxygens (including phenoxy) is 1. The summed E-state index contributed by atoms with van der Waals surface area (Å²) in [6.07, 6.45) is 0.637. The largest absolute Gasteiger partial charge is 0.453 e. The summed E-state index contributed by atoms with van der Waals surface area (Å²) in [6.45, 7) is -0.411. The van der Waals surface area contributed by atoms with E-state index in [-0.39, 0.29) is 12.3 Å². The molecule has 2 aliphatic heterocycles. The van der Waals surface area contributed by atoms with Crippen molar-refractivity contribution >= 4 is 56.9 Å². The van der Waals surface area contributed by atoms with Gasteiger partial charge < -0.3 is 10.1 Å². The molecule has 0 aliphatic carbocycles. The highest BCUT2D eigenvalue weighted by Crippen LogP contribution is 2.56. The Balaban J connectivity index is 1.45. The molecule has 1 saturated heterocycles. The van der Waals surface area contributed by atoms with Gasteiger partial charge in [-0.25, -0.2) is 4.79 Å². The van der Waals surface area contributed by atoms with E-state index in [0.29, 0.717) is 12.1 Å². The maximum absolute atomic E-state index is 12.8. The molecule has 6 nitrogen and oxygen atoms in total. The fraction of sp³-hybridized carbons (Fsp3) is 0.211. The first-order valence-electron chi connectivity index (χ1n) is 8.33. The zero-order valence-electron chi connectivity index (χ0n) is 14.1. The lowest BCUT2D eigenvalue weighted by Crippen LogP contribution is -2.48. The third kappa shape index (κ3) is 3.23. The van der Waals surface area contributed by atoms with Gasteiger partial charge in [0.25, 0.3) is 5.91 Å². The van der Waals surface area contributed by atoms with Crippen LogP contribution in [0.25, 0.3) is 0 Å². The van der Waals surface area contributed by atoms with Gasteiger partial charge in [-0.3, -0.25) is 14.5 Å². The maximum atomic E-state index is 12.8. The number of fused-ring (bicyclic) bond motifs is 3. The van der Waals surface area contributed by atoms with Crippen molar-refractivity contribution in [3.05, 3.63) is 53.0 Å². The molecule has 2 heterocycles. The standard InChI is InChI=1S/C19H15BrN2O4S/c20-12-4-3-5-13(10-12)21-16(23)11-26-18(25)19-9-8-17(24)22(19)14-6-1-2-7-15(14)27-19/h1-7,10H,8-9,11H2,(H,21,23). The molecule has 1 N–H and O–H groups in total. The Labute approximate surface area is 168 Å². The number of carbonyl (C=O) groups is 3. The normalized spacial score (nSPS) is 20.2. The maximum Gasteiger partial charge on any atom is 0.344 e. The monoisotopic (exact) mass is 446 g/mol. The second-order valence-electron chi connectivity index (χ2n) is 6.22. The van der Waals surface area contributed by atoms with E-state index in [1.54, 1.807) is 18.2 Å². The van der Waals surface area contributed by atoms with Crippen LogP contribution in [-0.2, 0) is 19.1 Å². The number of para-hydroxylation sites is 1. The van der Waals surface area contributed by atoms with Crippen LogP contribution >= 0.6 is 27.7 Å². The Morgan fingerprint density at radius 3 is 2.85 bits per heavy atom. The number of amides is 2. The molecule has 27 heavy (non-hydrogen) atoms. The molecule has 2 aromatic carbocycles. The summed E-state index contributed by atoms with van der Waals surface area (Å²) in [5, 5.41) is 2.68. The zero-order valence-corrected chi connectivity index (χ0v) is 16.5. The molecule has 8 heteroatoms. The van der Waals surface area contributed by atoms with Gasteiger partial charge in [0.05, 0.1) is 5.69 Å². The van der Waals surface area contributed by atoms with E-state index in [4.69, 9.17) is 4.74 Å². The van der Waals surface area contributed by atoms with Crippen molar-refractivity contribution in [1.29, 1.82) is 0 Å². The fourth-order valence-corrected chi connectivity index (χ4v) is 5.09. The number of nitrogens with one attached hydrogen (secondary N) is 1. The molecule has 4 rings (SSSR count). The van der Waals surface area contributed by atoms with Crippen LogP contribution in [0.15, 0.2) is 57.9 Å². The molecule has 138 valence electrons. The molecular formula is C19H15BrN2O4S. The lowest BCUT2D eigenvalue weighted by molar-refractivity contribution is -0.149. The van der Waals surface area contributed by atoms with Gasteiger partial charge >= 0.3 is 5.97 Å². The summed E-state index contributed by atoms with van der Waals surface area (Å²) in [5.41, 5.74) is 1.32. The number of nitrogens with zero attached hydrogens (tertiary/aromatic N) is 1. The minimum absolute atomic E-state index is 0.108. The predicted molar refractivity (Wildman–Crippen MR) is 105 cm³/mol. The van der Waals surface area contributed by atoms with E-state index < -0.39 is 23.4 Å². The van der Waals surface area contributed by atoms with Gasteiger partial charge in [-0.1, -0.05) is 45.9 Å². The molecule has 2 aromatic rings. The summed E-state index contributed by atoms with van der Waals surface area (Å²) in [4.78, 5) is 38.6. The number of hydrogen-bond donors (Lipinski definition) is 1. The second kappa shape index (κ2) is 7.01. The summed E-state index contributed by atoms with van der Waals surface area (Å²) < 4.78 is 6.13. The summed E-state index contributed by atoms with van der Waals surface area (Å²) in [6, 6.07) is 14.5. The quantitative estimate of drug-likeness (QED) is 0.726. The molecular weight excluding hydrogens is 432 g/mol. The van der Waals surface area contributed by atoms with Gasteiger partial charge in [-0.2, -0.15) is 0 Å². The third-order valence-corrected chi connectivity index (χ3v) is 6.38. The highest BCUT2D eigenvalue weighted by Gasteiger charge is 2.58. The fourth-order valence-electron chi connectivity index (χ4n) is 3.28. The topological polar surface area (TPSA) is 75.7 Å². The van der Waals surface area contributed by atoms with Gasteiger partial charge in [-0.15, -0.1) is 0 Å². The second-order valence-corrected chi connectivity index (χ2v) is 8.45. The average Bonchev–Trinajstić information content (AvgIpc) is 3.15. The van der Waals surface area contributed by atoms with Crippen molar-refractivity contribution in [1.82, 2.24) is 0 Å². The minimum atomic E-state index is -1.11. The van der Waals surface area contributed by atoms with Crippen LogP contribution in [0.5, 0.6) is 0 Å². The predicted octanol–water partition coefficient (Wildman–Crippen LogP) is 3.56. The van der Waals surface area contributed by atoms with Gasteiger partial charge in [0.2, 0.25) is 5.91 Å². The smallest absolute Gasteiger partial charge is 0.344 e. The number of carbonyl (C=O) groups excluding carboxylic acids is 3. The summed E-state index contributed by atoms with van der Waals surface area (Å²) in [7, 11) is 0. The van der Waals surface area contributed by atoms with E-state index in [2.05, 4.69) is 21.2 Å². The van der Waals surface area contributed by atoms with Gasteiger partial charge in [0, 0.05) is 27.9 Å². The van der Waals surface area contributed by atoms with Crippen molar-refractivity contribution in [2.45, 2.75) is 22.6 Å². The summed E-state index contributed by atoms with van der Waals surface area (Å²) >= 11 is 4.65. The molecule has 1 fully saturated rings. The number of thioether (sulfide) groups is 1. The molecule has 0 aromatic heterocycles. The van der Waals surface area contributed by atoms with Crippen molar-refractivity contribution in [3.63, 3.8) is 0 Å². The zero-order chi connectivity index (χ0) is 19.0. The SMILES string of the molecule is O=C(COC(=O)C12CCC(=O)N1c1ccccc1S2)Nc1cccc(Br)c1. The molecule has 1 unspecified atom stereocenters. The Morgan fingerprint density at radius 1 is 1.22 bits per heavy atom. The highest BCUT2D eigenvalue weighted by molar-refractivity contribution is 9.10. The Bertz CT molecular complexity index is 951.